The van der Waals surface area contributed by atoms with Gasteiger partial charge in [-0.15, -0.1) is 0 Å². The number of fused-ring (bicyclic) bond motifs is 1. The highest BCUT2D eigenvalue weighted by molar-refractivity contribution is 7.16. The van der Waals surface area contributed by atoms with E-state index in [9.17, 15) is 4.79 Å². The number of para-hydroxylation sites is 1. The second-order valence-corrected chi connectivity index (χ2v) is 8.19. The zero-order valence-corrected chi connectivity index (χ0v) is 16.7. The second-order valence-electron chi connectivity index (χ2n) is 7.18. The molecule has 1 aromatic heterocycles. The number of carbonyl (C=O) groups excluding carboxylic acids is 1. The monoisotopic (exact) mass is 368 g/mol. The lowest BCUT2D eigenvalue weighted by atomic mass is 9.87. The van der Waals surface area contributed by atoms with Gasteiger partial charge >= 0.3 is 0 Å². The Kier molecular flexibility index (Phi) is 5.01. The molecule has 4 nitrogen and oxygen atoms in total. The fraction of sp³-hybridized carbons (Fsp3) is 0.333. The number of nitrogens with zero attached hydrogens (tertiary/aromatic N) is 2. The molecule has 0 aliphatic heterocycles. The van der Waals surface area contributed by atoms with Gasteiger partial charge in [0, 0.05) is 12.1 Å². The molecule has 0 saturated carbocycles. The molecule has 0 saturated heterocycles. The lowest BCUT2D eigenvalue weighted by Crippen LogP contribution is -2.16. The Morgan fingerprint density at radius 2 is 1.85 bits per heavy atom. The van der Waals surface area contributed by atoms with Gasteiger partial charge in [-0.05, 0) is 42.2 Å². The van der Waals surface area contributed by atoms with Crippen molar-refractivity contribution in [1.29, 1.82) is 0 Å². The number of amides is 1. The standard InChI is InChI=1S/C21H24N2O2S/c1-6-23-18-16(25-5)8-7-9-17(18)26-20(23)22-19(24)14-10-12-15(13-11-14)21(2,3)4/h7-13H,6H2,1-5H3. The number of thiazole rings is 1. The van der Waals surface area contributed by atoms with Crippen LogP contribution in [0, 0.1) is 0 Å². The van der Waals surface area contributed by atoms with Crippen LogP contribution in [0.2, 0.25) is 0 Å². The van der Waals surface area contributed by atoms with Gasteiger partial charge in [0.05, 0.1) is 11.8 Å². The first-order chi connectivity index (χ1) is 12.3. The molecule has 0 aliphatic carbocycles. The molecule has 0 radical (unpaired) electrons. The van der Waals surface area contributed by atoms with Crippen LogP contribution in [-0.2, 0) is 12.0 Å². The van der Waals surface area contributed by atoms with Crippen molar-refractivity contribution in [1.82, 2.24) is 4.57 Å². The van der Waals surface area contributed by atoms with Crippen LogP contribution in [0.15, 0.2) is 47.5 Å². The zero-order chi connectivity index (χ0) is 18.9. The lowest BCUT2D eigenvalue weighted by Gasteiger charge is -2.18. The second kappa shape index (κ2) is 7.08. The van der Waals surface area contributed by atoms with Crippen molar-refractivity contribution in [2.75, 3.05) is 7.11 Å². The van der Waals surface area contributed by atoms with Crippen molar-refractivity contribution >= 4 is 27.5 Å². The summed E-state index contributed by atoms with van der Waals surface area (Å²) in [7, 11) is 1.66. The van der Waals surface area contributed by atoms with Crippen LogP contribution < -0.4 is 9.54 Å². The van der Waals surface area contributed by atoms with Crippen LogP contribution in [-0.4, -0.2) is 17.6 Å². The third-order valence-corrected chi connectivity index (χ3v) is 5.44. The molecule has 0 fully saturated rings. The minimum absolute atomic E-state index is 0.0615. The normalized spacial score (nSPS) is 12.6. The van der Waals surface area contributed by atoms with E-state index in [0.29, 0.717) is 10.4 Å². The molecule has 0 spiro atoms. The van der Waals surface area contributed by atoms with Crippen molar-refractivity contribution in [3.8, 4) is 5.75 Å². The van der Waals surface area contributed by atoms with Gasteiger partial charge in [-0.1, -0.05) is 50.3 Å². The Morgan fingerprint density at radius 1 is 1.15 bits per heavy atom. The molecular weight excluding hydrogens is 344 g/mol. The maximum atomic E-state index is 12.7. The van der Waals surface area contributed by atoms with Gasteiger partial charge in [0.1, 0.15) is 11.3 Å². The van der Waals surface area contributed by atoms with E-state index >= 15 is 0 Å². The van der Waals surface area contributed by atoms with Crippen LogP contribution in [0.4, 0.5) is 0 Å². The van der Waals surface area contributed by atoms with Crippen LogP contribution >= 0.6 is 11.3 Å². The number of methoxy groups -OCH3 is 1. The summed E-state index contributed by atoms with van der Waals surface area (Å²) in [4.78, 5) is 17.8. The number of carbonyl (C=O) groups is 1. The topological polar surface area (TPSA) is 43.6 Å². The quantitative estimate of drug-likeness (QED) is 0.668. The van der Waals surface area contributed by atoms with Crippen LogP contribution in [0.1, 0.15) is 43.6 Å². The molecule has 1 amide bonds. The van der Waals surface area contributed by atoms with Crippen molar-refractivity contribution in [2.24, 2.45) is 4.99 Å². The molecule has 136 valence electrons. The van der Waals surface area contributed by atoms with E-state index in [1.165, 1.54) is 16.9 Å². The number of aromatic nitrogens is 1. The van der Waals surface area contributed by atoms with E-state index in [4.69, 9.17) is 4.74 Å². The van der Waals surface area contributed by atoms with E-state index in [2.05, 4.69) is 25.8 Å². The van der Waals surface area contributed by atoms with E-state index in [-0.39, 0.29) is 11.3 Å². The lowest BCUT2D eigenvalue weighted by molar-refractivity contribution is 0.0998. The smallest absolute Gasteiger partial charge is 0.279 e. The first-order valence-corrected chi connectivity index (χ1v) is 9.52. The minimum atomic E-state index is -0.224. The number of aryl methyl sites for hydroxylation is 1. The third-order valence-electron chi connectivity index (χ3n) is 4.40. The Hall–Kier alpha value is -2.40. The van der Waals surface area contributed by atoms with Crippen molar-refractivity contribution in [3.05, 3.63) is 58.4 Å². The Balaban J connectivity index is 2.06. The summed E-state index contributed by atoms with van der Waals surface area (Å²) in [5, 5.41) is 0. The molecule has 2 aromatic carbocycles. The fourth-order valence-electron chi connectivity index (χ4n) is 2.91. The van der Waals surface area contributed by atoms with E-state index < -0.39 is 0 Å². The van der Waals surface area contributed by atoms with Gasteiger partial charge in [-0.25, -0.2) is 0 Å². The number of benzene rings is 2. The van der Waals surface area contributed by atoms with Crippen molar-refractivity contribution in [2.45, 2.75) is 39.7 Å². The summed E-state index contributed by atoms with van der Waals surface area (Å²) in [6.07, 6.45) is 0. The summed E-state index contributed by atoms with van der Waals surface area (Å²) in [6, 6.07) is 13.6. The highest BCUT2D eigenvalue weighted by Crippen LogP contribution is 2.27. The van der Waals surface area contributed by atoms with E-state index in [1.807, 2.05) is 54.0 Å². The van der Waals surface area contributed by atoms with Crippen molar-refractivity contribution in [3.63, 3.8) is 0 Å². The predicted molar refractivity (Wildman–Crippen MR) is 107 cm³/mol. The van der Waals surface area contributed by atoms with Gasteiger partial charge in [0.25, 0.3) is 5.91 Å². The first kappa shape index (κ1) is 18.4. The summed E-state index contributed by atoms with van der Waals surface area (Å²) in [5.74, 6) is 0.571. The summed E-state index contributed by atoms with van der Waals surface area (Å²) >= 11 is 1.50. The fourth-order valence-corrected chi connectivity index (χ4v) is 4.02. The maximum absolute atomic E-state index is 12.7. The summed E-state index contributed by atoms with van der Waals surface area (Å²) in [5.41, 5.74) is 2.85. The molecule has 1 heterocycles. The number of hydrogen-bond donors (Lipinski definition) is 0. The molecule has 0 atom stereocenters. The Labute approximate surface area is 157 Å². The molecular formula is C21H24N2O2S. The first-order valence-electron chi connectivity index (χ1n) is 8.71. The predicted octanol–water partition coefficient (Wildman–Crippen LogP) is 4.77. The molecule has 0 unspecified atom stereocenters. The largest absolute Gasteiger partial charge is 0.495 e. The van der Waals surface area contributed by atoms with Gasteiger partial charge in [-0.3, -0.25) is 4.79 Å². The average Bonchev–Trinajstić information content (AvgIpc) is 2.98. The summed E-state index contributed by atoms with van der Waals surface area (Å²) < 4.78 is 8.56. The molecule has 5 heteroatoms. The number of hydrogen-bond acceptors (Lipinski definition) is 3. The molecule has 26 heavy (non-hydrogen) atoms. The Morgan fingerprint density at radius 3 is 2.42 bits per heavy atom. The molecule has 3 rings (SSSR count). The van der Waals surface area contributed by atoms with Gasteiger partial charge in [0.2, 0.25) is 0 Å². The van der Waals surface area contributed by atoms with Crippen LogP contribution in [0.3, 0.4) is 0 Å². The summed E-state index contributed by atoms with van der Waals surface area (Å²) in [6.45, 7) is 9.23. The van der Waals surface area contributed by atoms with Gasteiger partial charge < -0.3 is 9.30 Å². The average molecular weight is 369 g/mol. The molecule has 0 bridgehead atoms. The third kappa shape index (κ3) is 3.44. The molecule has 3 aromatic rings. The maximum Gasteiger partial charge on any atom is 0.279 e. The number of ether oxygens (including phenoxy) is 1. The van der Waals surface area contributed by atoms with Crippen LogP contribution in [0.25, 0.3) is 10.2 Å². The highest BCUT2D eigenvalue weighted by atomic mass is 32.1. The van der Waals surface area contributed by atoms with E-state index in [0.717, 1.165) is 22.5 Å². The SMILES string of the molecule is CCn1c(=NC(=O)c2ccc(C(C)(C)C)cc2)sc2cccc(OC)c21. The minimum Gasteiger partial charge on any atom is -0.495 e. The van der Waals surface area contributed by atoms with Gasteiger partial charge in [0.15, 0.2) is 4.80 Å². The van der Waals surface area contributed by atoms with Crippen LogP contribution in [0.5, 0.6) is 5.75 Å². The highest BCUT2D eigenvalue weighted by Gasteiger charge is 2.15. The van der Waals surface area contributed by atoms with E-state index in [1.54, 1.807) is 7.11 Å². The zero-order valence-electron chi connectivity index (χ0n) is 15.9. The van der Waals surface area contributed by atoms with Gasteiger partial charge in [-0.2, -0.15) is 4.99 Å². The van der Waals surface area contributed by atoms with Crippen molar-refractivity contribution < 1.29 is 9.53 Å². The molecule has 0 aliphatic rings. The number of rotatable bonds is 3. The Bertz CT molecular complexity index is 1010. The molecule has 0 N–H and O–H groups in total.